The summed E-state index contributed by atoms with van der Waals surface area (Å²) in [4.78, 5) is 14.6. The van der Waals surface area contributed by atoms with Crippen molar-refractivity contribution in [2.45, 2.75) is 39.3 Å². The minimum absolute atomic E-state index is 0.118. The van der Waals surface area contributed by atoms with Crippen LogP contribution in [0.2, 0.25) is 0 Å². The van der Waals surface area contributed by atoms with Crippen LogP contribution in [-0.2, 0) is 11.3 Å². The lowest BCUT2D eigenvalue weighted by Crippen LogP contribution is -2.42. The smallest absolute Gasteiger partial charge is 0.227 e. The summed E-state index contributed by atoms with van der Waals surface area (Å²) < 4.78 is 0. The molecule has 4 heteroatoms. The third-order valence-electron chi connectivity index (χ3n) is 3.91. The van der Waals surface area contributed by atoms with Crippen molar-refractivity contribution in [2.75, 3.05) is 6.54 Å². The van der Waals surface area contributed by atoms with E-state index in [9.17, 15) is 9.90 Å². The molecule has 1 aromatic rings. The molecule has 1 unspecified atom stereocenters. The Balaban J connectivity index is 2.13. The van der Waals surface area contributed by atoms with Crippen molar-refractivity contribution < 1.29 is 9.90 Å². The van der Waals surface area contributed by atoms with Gasteiger partial charge in [-0.3, -0.25) is 4.79 Å². The summed E-state index contributed by atoms with van der Waals surface area (Å²) in [5, 5.41) is 9.54. The fraction of sp³-hybridized carbons (Fsp3) is 0.562. The first-order chi connectivity index (χ1) is 9.52. The monoisotopic (exact) mass is 276 g/mol. The van der Waals surface area contributed by atoms with Crippen LogP contribution in [0.4, 0.5) is 0 Å². The second kappa shape index (κ2) is 6.27. The van der Waals surface area contributed by atoms with Crippen molar-refractivity contribution in [1.82, 2.24) is 4.90 Å². The van der Waals surface area contributed by atoms with Crippen molar-refractivity contribution in [1.29, 1.82) is 0 Å². The fourth-order valence-corrected chi connectivity index (χ4v) is 2.50. The molecule has 0 aliphatic heterocycles. The molecule has 0 aromatic heterocycles. The molecule has 2 rings (SSSR count). The van der Waals surface area contributed by atoms with Crippen LogP contribution in [0.15, 0.2) is 24.3 Å². The molecule has 1 aliphatic carbocycles. The van der Waals surface area contributed by atoms with Crippen LogP contribution in [0.5, 0.6) is 5.75 Å². The molecule has 0 spiro atoms. The third-order valence-corrected chi connectivity index (χ3v) is 3.91. The van der Waals surface area contributed by atoms with E-state index >= 15 is 0 Å². The maximum Gasteiger partial charge on any atom is 0.227 e. The van der Waals surface area contributed by atoms with E-state index in [1.54, 1.807) is 12.1 Å². The summed E-state index contributed by atoms with van der Waals surface area (Å²) >= 11 is 0. The van der Waals surface area contributed by atoms with Gasteiger partial charge in [-0.15, -0.1) is 0 Å². The molecule has 20 heavy (non-hydrogen) atoms. The van der Waals surface area contributed by atoms with E-state index < -0.39 is 0 Å². The SMILES string of the molecule is CC(C)C(CN)C(=O)N(Cc1cccc(O)c1)C1CC1. The molecule has 1 aromatic carbocycles. The molecule has 0 heterocycles. The molecule has 0 bridgehead atoms. The molecule has 1 saturated carbocycles. The lowest BCUT2D eigenvalue weighted by atomic mass is 9.94. The number of rotatable bonds is 6. The van der Waals surface area contributed by atoms with Crippen molar-refractivity contribution in [3.8, 4) is 5.75 Å². The molecule has 110 valence electrons. The van der Waals surface area contributed by atoms with Crippen LogP contribution in [0.25, 0.3) is 0 Å². The Morgan fingerprint density at radius 1 is 1.45 bits per heavy atom. The molecule has 1 fully saturated rings. The number of nitrogens with two attached hydrogens (primary N) is 1. The zero-order valence-corrected chi connectivity index (χ0v) is 12.2. The zero-order valence-electron chi connectivity index (χ0n) is 12.2. The Bertz CT molecular complexity index is 469. The Morgan fingerprint density at radius 2 is 2.15 bits per heavy atom. The van der Waals surface area contributed by atoms with Gasteiger partial charge < -0.3 is 15.7 Å². The number of carbonyl (C=O) groups is 1. The fourth-order valence-electron chi connectivity index (χ4n) is 2.50. The van der Waals surface area contributed by atoms with Gasteiger partial charge in [-0.25, -0.2) is 0 Å². The van der Waals surface area contributed by atoms with Gasteiger partial charge in [-0.1, -0.05) is 26.0 Å². The highest BCUT2D eigenvalue weighted by atomic mass is 16.3. The number of hydrogen-bond acceptors (Lipinski definition) is 3. The van der Waals surface area contributed by atoms with E-state index in [4.69, 9.17) is 5.73 Å². The van der Waals surface area contributed by atoms with Gasteiger partial charge in [-0.2, -0.15) is 0 Å². The lowest BCUT2D eigenvalue weighted by Gasteiger charge is -2.29. The molecule has 1 amide bonds. The van der Waals surface area contributed by atoms with E-state index in [0.29, 0.717) is 19.1 Å². The van der Waals surface area contributed by atoms with Crippen molar-refractivity contribution in [3.05, 3.63) is 29.8 Å². The minimum Gasteiger partial charge on any atom is -0.508 e. The predicted octanol–water partition coefficient (Wildman–Crippen LogP) is 2.11. The van der Waals surface area contributed by atoms with Gasteiger partial charge in [0, 0.05) is 19.1 Å². The van der Waals surface area contributed by atoms with E-state index in [-0.39, 0.29) is 23.5 Å². The Kier molecular flexibility index (Phi) is 4.65. The van der Waals surface area contributed by atoms with Gasteiger partial charge in [0.2, 0.25) is 5.91 Å². The maximum absolute atomic E-state index is 12.7. The maximum atomic E-state index is 12.7. The molecule has 0 radical (unpaired) electrons. The summed E-state index contributed by atoms with van der Waals surface area (Å²) in [5.74, 6) is 0.518. The van der Waals surface area contributed by atoms with Gasteiger partial charge in [0.25, 0.3) is 0 Å². The van der Waals surface area contributed by atoms with Crippen LogP contribution in [0.3, 0.4) is 0 Å². The largest absolute Gasteiger partial charge is 0.508 e. The van der Waals surface area contributed by atoms with Crippen molar-refractivity contribution in [3.63, 3.8) is 0 Å². The van der Waals surface area contributed by atoms with E-state index in [1.165, 1.54) is 0 Å². The summed E-state index contributed by atoms with van der Waals surface area (Å²) in [7, 11) is 0. The highest BCUT2D eigenvalue weighted by Crippen LogP contribution is 2.31. The summed E-state index contributed by atoms with van der Waals surface area (Å²) in [6.07, 6.45) is 2.14. The Morgan fingerprint density at radius 3 is 2.65 bits per heavy atom. The average Bonchev–Trinajstić information content (AvgIpc) is 3.20. The van der Waals surface area contributed by atoms with Gasteiger partial charge >= 0.3 is 0 Å². The first-order valence-electron chi connectivity index (χ1n) is 7.31. The number of phenolic OH excluding ortho intramolecular Hbond substituents is 1. The number of benzene rings is 1. The van der Waals surface area contributed by atoms with Crippen molar-refractivity contribution >= 4 is 5.91 Å². The summed E-state index contributed by atoms with van der Waals surface area (Å²) in [5.41, 5.74) is 6.73. The lowest BCUT2D eigenvalue weighted by molar-refractivity contribution is -0.137. The van der Waals surface area contributed by atoms with E-state index in [0.717, 1.165) is 18.4 Å². The normalized spacial score (nSPS) is 16.2. The zero-order chi connectivity index (χ0) is 14.7. The highest BCUT2D eigenvalue weighted by molar-refractivity contribution is 5.80. The third kappa shape index (κ3) is 3.51. The molecule has 1 aliphatic rings. The first kappa shape index (κ1) is 14.9. The van der Waals surface area contributed by atoms with Crippen LogP contribution in [0.1, 0.15) is 32.3 Å². The summed E-state index contributed by atoms with van der Waals surface area (Å²) in [6, 6.07) is 7.45. The van der Waals surface area contributed by atoms with Gasteiger partial charge in [-0.05, 0) is 36.5 Å². The van der Waals surface area contributed by atoms with E-state index in [2.05, 4.69) is 0 Å². The molecular formula is C16H24N2O2. The molecule has 4 nitrogen and oxygen atoms in total. The second-order valence-electron chi connectivity index (χ2n) is 5.95. The number of aromatic hydroxyl groups is 1. The molecule has 0 saturated heterocycles. The molecule has 1 atom stereocenters. The number of amides is 1. The predicted molar refractivity (Wildman–Crippen MR) is 79.1 cm³/mol. The second-order valence-corrected chi connectivity index (χ2v) is 5.95. The topological polar surface area (TPSA) is 66.6 Å². The van der Waals surface area contributed by atoms with E-state index in [1.807, 2.05) is 30.9 Å². The van der Waals surface area contributed by atoms with Crippen LogP contribution in [0, 0.1) is 11.8 Å². The van der Waals surface area contributed by atoms with Gasteiger partial charge in [0.1, 0.15) is 5.75 Å². The minimum atomic E-state index is -0.118. The first-order valence-corrected chi connectivity index (χ1v) is 7.31. The van der Waals surface area contributed by atoms with Crippen LogP contribution in [-0.4, -0.2) is 28.5 Å². The average molecular weight is 276 g/mol. The Labute approximate surface area is 120 Å². The van der Waals surface area contributed by atoms with Crippen LogP contribution < -0.4 is 5.73 Å². The standard InChI is InChI=1S/C16H24N2O2/c1-11(2)15(9-17)16(20)18(13-6-7-13)10-12-4-3-5-14(19)8-12/h3-5,8,11,13,15,19H,6-7,9-10,17H2,1-2H3. The van der Waals surface area contributed by atoms with Crippen molar-refractivity contribution in [2.24, 2.45) is 17.6 Å². The molecule has 3 N–H and O–H groups in total. The number of phenols is 1. The quantitative estimate of drug-likeness (QED) is 0.836. The highest BCUT2D eigenvalue weighted by Gasteiger charge is 2.36. The Hall–Kier alpha value is -1.55. The number of carbonyl (C=O) groups excluding carboxylic acids is 1. The molecular weight excluding hydrogens is 252 g/mol. The van der Waals surface area contributed by atoms with Gasteiger partial charge in [0.05, 0.1) is 5.92 Å². The number of hydrogen-bond donors (Lipinski definition) is 2. The van der Waals surface area contributed by atoms with Gasteiger partial charge in [0.15, 0.2) is 0 Å². The summed E-state index contributed by atoms with van der Waals surface area (Å²) in [6.45, 7) is 5.02. The number of nitrogens with zero attached hydrogens (tertiary/aromatic N) is 1. The van der Waals surface area contributed by atoms with Crippen LogP contribution >= 0.6 is 0 Å².